The van der Waals surface area contributed by atoms with Crippen molar-refractivity contribution in [1.82, 2.24) is 5.32 Å². The maximum absolute atomic E-state index is 10.9. The molecule has 1 atom stereocenters. The van der Waals surface area contributed by atoms with Crippen LogP contribution in [0.15, 0.2) is 0 Å². The molecule has 11 heavy (non-hydrogen) atoms. The zero-order valence-corrected chi connectivity index (χ0v) is 7.23. The normalized spacial score (nSPS) is 27.9. The molecule has 1 heterocycles. The van der Waals surface area contributed by atoms with E-state index in [0.29, 0.717) is 13.0 Å². The van der Waals surface area contributed by atoms with Gasteiger partial charge in [0.25, 0.3) is 0 Å². The highest BCUT2D eigenvalue weighted by Gasteiger charge is 2.21. The van der Waals surface area contributed by atoms with Crippen LogP contribution in [0, 0.1) is 0 Å². The highest BCUT2D eigenvalue weighted by atomic mass is 32.2. The quantitative estimate of drug-likeness (QED) is 0.564. The van der Waals surface area contributed by atoms with Crippen LogP contribution >= 0.6 is 0 Å². The molecule has 0 aromatic rings. The standard InChI is InChI=1S/C6H14N2O2S/c7-11(9,10)6-3-1-2-4-8-5-6/h6,8H,1-5H2,(H2,7,9,10). The van der Waals surface area contributed by atoms with Gasteiger partial charge in [-0.2, -0.15) is 0 Å². The molecule has 0 saturated carbocycles. The molecule has 0 bridgehead atoms. The summed E-state index contributed by atoms with van der Waals surface area (Å²) in [5, 5.41) is 7.69. The van der Waals surface area contributed by atoms with Crippen LogP contribution in [0.1, 0.15) is 19.3 Å². The molecule has 66 valence electrons. The Hall–Kier alpha value is -0.130. The predicted octanol–water partition coefficient (Wildman–Crippen LogP) is -0.583. The Morgan fingerprint density at radius 2 is 2.09 bits per heavy atom. The number of sulfonamides is 1. The first-order chi connectivity index (χ1) is 5.11. The lowest BCUT2D eigenvalue weighted by atomic mass is 10.2. The van der Waals surface area contributed by atoms with Gasteiger partial charge in [-0.1, -0.05) is 6.42 Å². The van der Waals surface area contributed by atoms with E-state index in [2.05, 4.69) is 5.32 Å². The van der Waals surface area contributed by atoms with E-state index in [1.165, 1.54) is 0 Å². The SMILES string of the molecule is NS(=O)(=O)C1CCCCNC1. The van der Waals surface area contributed by atoms with Crippen LogP contribution in [-0.4, -0.2) is 26.8 Å². The maximum Gasteiger partial charge on any atom is 0.213 e. The fraction of sp³-hybridized carbons (Fsp3) is 1.00. The predicted molar refractivity (Wildman–Crippen MR) is 43.6 cm³/mol. The zero-order chi connectivity index (χ0) is 8.32. The number of nitrogens with one attached hydrogen (secondary N) is 1. The summed E-state index contributed by atoms with van der Waals surface area (Å²) in [6.07, 6.45) is 2.70. The first kappa shape index (κ1) is 8.96. The van der Waals surface area contributed by atoms with Crippen molar-refractivity contribution in [3.05, 3.63) is 0 Å². The molecule has 5 heteroatoms. The van der Waals surface area contributed by atoms with Crippen molar-refractivity contribution < 1.29 is 8.42 Å². The number of rotatable bonds is 1. The zero-order valence-electron chi connectivity index (χ0n) is 6.41. The summed E-state index contributed by atoms with van der Waals surface area (Å²) in [7, 11) is -3.31. The van der Waals surface area contributed by atoms with Gasteiger partial charge in [-0.3, -0.25) is 0 Å². The third-order valence-corrected chi connectivity index (χ3v) is 3.30. The molecule has 0 radical (unpaired) electrons. The fourth-order valence-electron chi connectivity index (χ4n) is 1.27. The Morgan fingerprint density at radius 1 is 1.36 bits per heavy atom. The molecule has 0 aromatic heterocycles. The second-order valence-corrected chi connectivity index (χ2v) is 4.76. The topological polar surface area (TPSA) is 72.2 Å². The van der Waals surface area contributed by atoms with Gasteiger partial charge in [0.05, 0.1) is 5.25 Å². The minimum absolute atomic E-state index is 0.370. The second-order valence-electron chi connectivity index (χ2n) is 2.91. The van der Waals surface area contributed by atoms with E-state index in [9.17, 15) is 8.42 Å². The third kappa shape index (κ3) is 2.76. The minimum atomic E-state index is -3.31. The van der Waals surface area contributed by atoms with Crippen molar-refractivity contribution in [1.29, 1.82) is 0 Å². The lowest BCUT2D eigenvalue weighted by Crippen LogP contribution is -2.35. The van der Waals surface area contributed by atoms with E-state index in [1.54, 1.807) is 0 Å². The van der Waals surface area contributed by atoms with E-state index in [0.717, 1.165) is 19.4 Å². The molecule has 0 spiro atoms. The Kier molecular flexibility index (Phi) is 2.86. The Bertz CT molecular complexity index is 205. The third-order valence-electron chi connectivity index (χ3n) is 1.97. The molecular weight excluding hydrogens is 164 g/mol. The summed E-state index contributed by atoms with van der Waals surface area (Å²) >= 11 is 0. The average Bonchev–Trinajstić information content (AvgIpc) is 2.10. The van der Waals surface area contributed by atoms with Crippen molar-refractivity contribution in [2.24, 2.45) is 5.14 Å². The summed E-state index contributed by atoms with van der Waals surface area (Å²) in [4.78, 5) is 0. The van der Waals surface area contributed by atoms with Crippen molar-refractivity contribution in [3.63, 3.8) is 0 Å². The number of hydrogen-bond donors (Lipinski definition) is 2. The Balaban J connectivity index is 2.57. The highest BCUT2D eigenvalue weighted by molar-refractivity contribution is 7.89. The summed E-state index contributed by atoms with van der Waals surface area (Å²) in [5.41, 5.74) is 0. The molecular formula is C6H14N2O2S. The van der Waals surface area contributed by atoms with Crippen LogP contribution in [-0.2, 0) is 10.0 Å². The molecule has 4 nitrogen and oxygen atoms in total. The van der Waals surface area contributed by atoms with Crippen molar-refractivity contribution >= 4 is 10.0 Å². The lowest BCUT2D eigenvalue weighted by molar-refractivity contribution is 0.569. The first-order valence-electron chi connectivity index (χ1n) is 3.83. The van der Waals surface area contributed by atoms with E-state index >= 15 is 0 Å². The summed E-state index contributed by atoms with van der Waals surface area (Å²) < 4.78 is 21.8. The van der Waals surface area contributed by atoms with Crippen LogP contribution < -0.4 is 10.5 Å². The lowest BCUT2D eigenvalue weighted by Gasteiger charge is -2.10. The molecule has 0 aliphatic carbocycles. The summed E-state index contributed by atoms with van der Waals surface area (Å²) in [5.74, 6) is 0. The Labute approximate surface area is 67.2 Å². The van der Waals surface area contributed by atoms with Crippen LogP contribution in [0.5, 0.6) is 0 Å². The molecule has 1 aliphatic rings. The molecule has 0 amide bonds. The van der Waals surface area contributed by atoms with Crippen molar-refractivity contribution in [3.8, 4) is 0 Å². The van der Waals surface area contributed by atoms with Gasteiger partial charge >= 0.3 is 0 Å². The van der Waals surface area contributed by atoms with Crippen LogP contribution in [0.4, 0.5) is 0 Å². The highest BCUT2D eigenvalue weighted by Crippen LogP contribution is 2.09. The van der Waals surface area contributed by atoms with Gasteiger partial charge in [0.1, 0.15) is 0 Å². The molecule has 1 fully saturated rings. The smallest absolute Gasteiger partial charge is 0.213 e. The van der Waals surface area contributed by atoms with Crippen molar-refractivity contribution in [2.75, 3.05) is 13.1 Å². The van der Waals surface area contributed by atoms with E-state index in [-0.39, 0.29) is 5.25 Å². The molecule has 1 unspecified atom stereocenters. The largest absolute Gasteiger partial charge is 0.315 e. The van der Waals surface area contributed by atoms with E-state index < -0.39 is 10.0 Å². The number of nitrogens with two attached hydrogens (primary N) is 1. The van der Waals surface area contributed by atoms with Crippen LogP contribution in [0.25, 0.3) is 0 Å². The minimum Gasteiger partial charge on any atom is -0.315 e. The second kappa shape index (κ2) is 3.51. The fourth-order valence-corrected chi connectivity index (χ4v) is 2.11. The summed E-state index contributed by atoms with van der Waals surface area (Å²) in [6, 6.07) is 0. The number of hydrogen-bond acceptors (Lipinski definition) is 3. The molecule has 1 saturated heterocycles. The van der Waals surface area contributed by atoms with Crippen molar-refractivity contribution in [2.45, 2.75) is 24.5 Å². The van der Waals surface area contributed by atoms with Gasteiger partial charge in [-0.05, 0) is 19.4 Å². The van der Waals surface area contributed by atoms with Crippen LogP contribution in [0.2, 0.25) is 0 Å². The van der Waals surface area contributed by atoms with E-state index in [4.69, 9.17) is 5.14 Å². The molecule has 1 rings (SSSR count). The van der Waals surface area contributed by atoms with Gasteiger partial charge in [0.2, 0.25) is 10.0 Å². The van der Waals surface area contributed by atoms with Gasteiger partial charge in [0, 0.05) is 6.54 Å². The number of primary sulfonamides is 1. The maximum atomic E-state index is 10.9. The van der Waals surface area contributed by atoms with E-state index in [1.807, 2.05) is 0 Å². The summed E-state index contributed by atoms with van der Waals surface area (Å²) in [6.45, 7) is 1.42. The van der Waals surface area contributed by atoms with Gasteiger partial charge in [0.15, 0.2) is 0 Å². The van der Waals surface area contributed by atoms with Gasteiger partial charge in [-0.25, -0.2) is 13.6 Å². The molecule has 1 aliphatic heterocycles. The molecule has 0 aromatic carbocycles. The van der Waals surface area contributed by atoms with Gasteiger partial charge in [-0.15, -0.1) is 0 Å². The first-order valence-corrected chi connectivity index (χ1v) is 5.44. The Morgan fingerprint density at radius 3 is 2.73 bits per heavy atom. The van der Waals surface area contributed by atoms with Crippen LogP contribution in [0.3, 0.4) is 0 Å². The van der Waals surface area contributed by atoms with Gasteiger partial charge < -0.3 is 5.32 Å². The monoisotopic (exact) mass is 178 g/mol. The average molecular weight is 178 g/mol. The molecule has 3 N–H and O–H groups in total.